The molecule has 1 aliphatic carbocycles. The topological polar surface area (TPSA) is 210 Å². The van der Waals surface area contributed by atoms with Crippen LogP contribution in [0.1, 0.15) is 72.8 Å². The minimum Gasteiger partial charge on any atom is -0.444 e. The van der Waals surface area contributed by atoms with Gasteiger partial charge < -0.3 is 35.2 Å². The van der Waals surface area contributed by atoms with Gasteiger partial charge in [-0.25, -0.2) is 19.6 Å². The van der Waals surface area contributed by atoms with Crippen LogP contribution in [0.2, 0.25) is 0 Å². The predicted molar refractivity (Wildman–Crippen MR) is 221 cm³/mol. The van der Waals surface area contributed by atoms with E-state index in [1.165, 1.54) is 0 Å². The Morgan fingerprint density at radius 1 is 0.831 bits per heavy atom. The molecule has 2 aromatic carbocycles. The van der Waals surface area contributed by atoms with Gasteiger partial charge in [0.25, 0.3) is 0 Å². The van der Waals surface area contributed by atoms with E-state index < -0.39 is 23.3 Å². The van der Waals surface area contributed by atoms with E-state index in [0.717, 1.165) is 35.1 Å². The van der Waals surface area contributed by atoms with Crippen molar-refractivity contribution in [1.29, 1.82) is 0 Å². The Hall–Kier alpha value is -6.13. The van der Waals surface area contributed by atoms with Gasteiger partial charge in [0.05, 0.1) is 0 Å². The normalized spacial score (nSPS) is 17.7. The second-order valence-electron chi connectivity index (χ2n) is 17.1. The summed E-state index contributed by atoms with van der Waals surface area (Å²) in [5, 5.41) is 22.9. The Kier molecular flexibility index (Phi) is 13.4. The molecule has 0 spiro atoms. The summed E-state index contributed by atoms with van der Waals surface area (Å²) < 4.78 is 10.9. The number of benzene rings is 2. The highest BCUT2D eigenvalue weighted by Gasteiger charge is 2.31. The van der Waals surface area contributed by atoms with E-state index in [4.69, 9.17) is 9.47 Å². The van der Waals surface area contributed by atoms with Crippen molar-refractivity contribution >= 4 is 35.6 Å². The van der Waals surface area contributed by atoms with E-state index in [9.17, 15) is 19.2 Å². The number of hydrogen-bond donors (Lipinski definition) is 4. The van der Waals surface area contributed by atoms with Crippen LogP contribution in [-0.2, 0) is 25.5 Å². The van der Waals surface area contributed by atoms with Crippen LogP contribution in [0.4, 0.5) is 21.2 Å². The average molecular weight is 810 g/mol. The Morgan fingerprint density at radius 2 is 1.51 bits per heavy atom. The minimum absolute atomic E-state index is 0.178. The third kappa shape index (κ3) is 12.4. The standard InChI is InChI=1S/C42H55N11O6/c1-41(2,3)58-39(56)45-24-27-10-12-30(13-11-27)36(54)47-34(37(55)46-33-16-14-29(15-17-33)35-48-50-51-49-35)23-28-8-7-9-31(22-28)32-25-43-38(44-26-32)52-18-20-53(21-19-52)40(57)59-42(4,5)6/h7-9,14-17,22,25-27,30,34H,10-13,18-21,23-24H2,1-6H3,(H,45,56)(H,46,55)(H,47,54)(H,48,49,50,51). The second kappa shape index (κ2) is 18.6. The molecule has 4 amide bonds. The van der Waals surface area contributed by atoms with Crippen molar-refractivity contribution in [2.24, 2.45) is 11.8 Å². The number of aromatic amines is 1. The van der Waals surface area contributed by atoms with Gasteiger partial charge in [-0.15, -0.1) is 10.2 Å². The summed E-state index contributed by atoms with van der Waals surface area (Å²) in [5.74, 6) is 0.443. The zero-order chi connectivity index (χ0) is 42.2. The minimum atomic E-state index is -0.876. The van der Waals surface area contributed by atoms with E-state index in [1.807, 2.05) is 70.7 Å². The number of tetrazole rings is 1. The number of nitrogens with one attached hydrogen (secondary N) is 4. The fourth-order valence-corrected chi connectivity index (χ4v) is 7.05. The molecule has 1 saturated heterocycles. The zero-order valence-electron chi connectivity index (χ0n) is 34.7. The first-order valence-electron chi connectivity index (χ1n) is 20.1. The van der Waals surface area contributed by atoms with Gasteiger partial charge in [-0.1, -0.05) is 24.3 Å². The Morgan fingerprint density at radius 3 is 2.14 bits per heavy atom. The molecule has 314 valence electrons. The SMILES string of the molecule is CC(C)(C)OC(=O)NCC1CCC(C(=O)NC(Cc2cccc(-c3cnc(N4CCN(C(=O)OC(C)(C)C)CC4)nc3)c2)C(=O)Nc2ccc(-c3nn[nH]n3)cc2)CC1. The number of H-pyrrole nitrogens is 1. The number of carbonyl (C=O) groups excluding carboxylic acids is 4. The van der Waals surface area contributed by atoms with Crippen molar-refractivity contribution in [3.63, 3.8) is 0 Å². The number of anilines is 2. The molecule has 1 saturated carbocycles. The fourth-order valence-electron chi connectivity index (χ4n) is 7.05. The van der Waals surface area contributed by atoms with Crippen LogP contribution in [0.5, 0.6) is 0 Å². The second-order valence-corrected chi connectivity index (χ2v) is 17.1. The Bertz CT molecular complexity index is 2030. The van der Waals surface area contributed by atoms with Crippen molar-refractivity contribution < 1.29 is 28.7 Å². The maximum atomic E-state index is 13.9. The lowest BCUT2D eigenvalue weighted by atomic mass is 9.81. The number of hydrogen-bond acceptors (Lipinski definition) is 12. The smallest absolute Gasteiger partial charge is 0.410 e. The summed E-state index contributed by atoms with van der Waals surface area (Å²) in [7, 11) is 0. The molecule has 17 nitrogen and oxygen atoms in total. The van der Waals surface area contributed by atoms with Crippen molar-refractivity contribution in [3.05, 3.63) is 66.5 Å². The number of piperazine rings is 1. The highest BCUT2D eigenvalue weighted by Crippen LogP contribution is 2.29. The van der Waals surface area contributed by atoms with Gasteiger partial charge in [-0.05, 0) is 114 Å². The molecular weight excluding hydrogens is 755 g/mol. The molecular formula is C42H55N11O6. The van der Waals surface area contributed by atoms with Gasteiger partial charge >= 0.3 is 12.2 Å². The fraction of sp³-hybridized carbons (Fsp3) is 0.500. The van der Waals surface area contributed by atoms with Gasteiger partial charge in [0.1, 0.15) is 17.2 Å². The molecule has 1 unspecified atom stereocenters. The summed E-state index contributed by atoms with van der Waals surface area (Å²) in [4.78, 5) is 65.4. The van der Waals surface area contributed by atoms with E-state index in [1.54, 1.807) is 41.6 Å². The molecule has 59 heavy (non-hydrogen) atoms. The first kappa shape index (κ1) is 42.5. The van der Waals surface area contributed by atoms with Crippen molar-refractivity contribution in [1.82, 2.24) is 46.1 Å². The summed E-state index contributed by atoms with van der Waals surface area (Å²) in [6.45, 7) is 13.7. The van der Waals surface area contributed by atoms with Crippen molar-refractivity contribution in [2.75, 3.05) is 42.9 Å². The molecule has 4 N–H and O–H groups in total. The van der Waals surface area contributed by atoms with E-state index in [-0.39, 0.29) is 36.2 Å². The third-order valence-corrected chi connectivity index (χ3v) is 10.1. The molecule has 17 heteroatoms. The van der Waals surface area contributed by atoms with E-state index >= 15 is 0 Å². The van der Waals surface area contributed by atoms with Crippen molar-refractivity contribution in [3.8, 4) is 22.5 Å². The molecule has 0 radical (unpaired) electrons. The summed E-state index contributed by atoms with van der Waals surface area (Å²) in [6, 6.07) is 14.0. The number of alkyl carbamates (subject to hydrolysis) is 1. The lowest BCUT2D eigenvalue weighted by molar-refractivity contribution is -0.130. The highest BCUT2D eigenvalue weighted by atomic mass is 16.6. The molecule has 2 aliphatic rings. The maximum absolute atomic E-state index is 13.9. The third-order valence-electron chi connectivity index (χ3n) is 10.1. The van der Waals surface area contributed by atoms with Crippen LogP contribution >= 0.6 is 0 Å². The molecule has 2 fully saturated rings. The highest BCUT2D eigenvalue weighted by molar-refractivity contribution is 5.97. The molecule has 2 aromatic heterocycles. The molecule has 1 aliphatic heterocycles. The van der Waals surface area contributed by atoms with Gasteiger partial charge in [-0.2, -0.15) is 5.21 Å². The number of carbonyl (C=O) groups is 4. The lowest BCUT2D eigenvalue weighted by Gasteiger charge is -2.35. The van der Waals surface area contributed by atoms with Crippen LogP contribution in [0.15, 0.2) is 60.9 Å². The monoisotopic (exact) mass is 809 g/mol. The zero-order valence-corrected chi connectivity index (χ0v) is 34.7. The first-order chi connectivity index (χ1) is 28.1. The number of amides is 4. The summed E-state index contributed by atoms with van der Waals surface area (Å²) in [6.07, 6.45) is 5.82. The molecule has 3 heterocycles. The average Bonchev–Trinajstić information content (AvgIpc) is 3.75. The predicted octanol–water partition coefficient (Wildman–Crippen LogP) is 5.38. The van der Waals surface area contributed by atoms with Gasteiger partial charge in [0.15, 0.2) is 0 Å². The van der Waals surface area contributed by atoms with Crippen LogP contribution in [0.3, 0.4) is 0 Å². The van der Waals surface area contributed by atoms with Gasteiger partial charge in [-0.3, -0.25) is 9.59 Å². The molecule has 0 bridgehead atoms. The largest absolute Gasteiger partial charge is 0.444 e. The summed E-state index contributed by atoms with van der Waals surface area (Å²) in [5.41, 5.74) is 2.66. The van der Waals surface area contributed by atoms with Gasteiger partial charge in [0, 0.05) is 74.3 Å². The van der Waals surface area contributed by atoms with Gasteiger partial charge in [0.2, 0.25) is 23.6 Å². The number of rotatable bonds is 11. The first-order valence-corrected chi connectivity index (χ1v) is 20.1. The Labute approximate surface area is 344 Å². The number of nitrogens with zero attached hydrogens (tertiary/aromatic N) is 7. The molecule has 4 aromatic rings. The maximum Gasteiger partial charge on any atom is 0.410 e. The van der Waals surface area contributed by atoms with E-state index in [2.05, 4.69) is 46.5 Å². The van der Waals surface area contributed by atoms with Crippen LogP contribution in [0, 0.1) is 11.8 Å². The Balaban J connectivity index is 1.10. The van der Waals surface area contributed by atoms with Crippen LogP contribution in [0.25, 0.3) is 22.5 Å². The van der Waals surface area contributed by atoms with E-state index in [0.29, 0.717) is 63.0 Å². The van der Waals surface area contributed by atoms with Crippen LogP contribution < -0.4 is 20.9 Å². The quantitative estimate of drug-likeness (QED) is 0.151. The summed E-state index contributed by atoms with van der Waals surface area (Å²) >= 11 is 0. The molecule has 1 atom stereocenters. The number of aromatic nitrogens is 6. The molecule has 6 rings (SSSR count). The van der Waals surface area contributed by atoms with Crippen LogP contribution in [-0.4, -0.2) is 109 Å². The van der Waals surface area contributed by atoms with Crippen molar-refractivity contribution in [2.45, 2.75) is 90.9 Å². The lowest BCUT2D eigenvalue weighted by Crippen LogP contribution is -2.50. The number of ether oxygens (including phenoxy) is 2.